The van der Waals surface area contributed by atoms with Gasteiger partial charge in [0.2, 0.25) is 5.95 Å². The average molecular weight is 397 g/mol. The van der Waals surface area contributed by atoms with Gasteiger partial charge in [-0.2, -0.15) is 0 Å². The highest BCUT2D eigenvalue weighted by atomic mass is 32.1. The van der Waals surface area contributed by atoms with E-state index in [-0.39, 0.29) is 5.56 Å². The molecule has 3 aromatic rings. The first-order valence-corrected chi connectivity index (χ1v) is 10.3. The third-order valence-electron chi connectivity index (χ3n) is 4.99. The molecule has 2 aromatic heterocycles. The molecule has 0 unspecified atom stereocenters. The lowest BCUT2D eigenvalue weighted by Gasteiger charge is -2.38. The van der Waals surface area contributed by atoms with Crippen molar-refractivity contribution in [2.75, 3.05) is 36.4 Å². The van der Waals surface area contributed by atoms with Gasteiger partial charge in [0.15, 0.2) is 5.69 Å². The molecular formula is C20H24N6OS. The van der Waals surface area contributed by atoms with Gasteiger partial charge in [-0.05, 0) is 49.6 Å². The number of nitrogens with zero attached hydrogens (tertiary/aromatic N) is 4. The number of hydrogen-bond acceptors (Lipinski definition) is 7. The Morgan fingerprint density at radius 3 is 2.43 bits per heavy atom. The smallest absolute Gasteiger partial charge is 0.280 e. The number of benzene rings is 1. The van der Waals surface area contributed by atoms with Crippen molar-refractivity contribution in [3.8, 4) is 10.6 Å². The Morgan fingerprint density at radius 2 is 1.82 bits per heavy atom. The second-order valence-corrected chi connectivity index (χ2v) is 8.06. The zero-order valence-corrected chi connectivity index (χ0v) is 16.9. The number of anilines is 3. The summed E-state index contributed by atoms with van der Waals surface area (Å²) in [7, 11) is 0. The number of piperazine rings is 1. The number of aromatic nitrogens is 3. The van der Waals surface area contributed by atoms with Crippen LogP contribution in [0.1, 0.15) is 13.8 Å². The molecule has 0 amide bonds. The largest absolute Gasteiger partial charge is 0.369 e. The Kier molecular flexibility index (Phi) is 5.40. The van der Waals surface area contributed by atoms with Gasteiger partial charge < -0.3 is 10.2 Å². The van der Waals surface area contributed by atoms with Gasteiger partial charge in [0.25, 0.3) is 5.56 Å². The standard InChI is InChI=1S/C20H24N6OS/c1-14(2)25-9-11-26(12-10-25)16-7-5-15(6-8-16)21-20-22-19(27)18(23-24-20)17-4-3-13-28-17/h3-8,13-14H,9-12H2,1-2H3,(H2,21,22,24,27). The number of thiophene rings is 1. The lowest BCUT2D eigenvalue weighted by Crippen LogP contribution is -2.48. The van der Waals surface area contributed by atoms with Crippen LogP contribution < -0.4 is 15.8 Å². The molecule has 7 nitrogen and oxygen atoms in total. The van der Waals surface area contributed by atoms with Crippen LogP contribution in [0.4, 0.5) is 17.3 Å². The van der Waals surface area contributed by atoms with Crippen LogP contribution in [0.3, 0.4) is 0 Å². The maximum Gasteiger partial charge on any atom is 0.280 e. The molecular weight excluding hydrogens is 372 g/mol. The van der Waals surface area contributed by atoms with Gasteiger partial charge in [-0.3, -0.25) is 14.7 Å². The van der Waals surface area contributed by atoms with Crippen molar-refractivity contribution in [1.82, 2.24) is 20.1 Å². The maximum absolute atomic E-state index is 12.3. The van der Waals surface area contributed by atoms with E-state index in [0.29, 0.717) is 17.7 Å². The molecule has 2 N–H and O–H groups in total. The first kappa shape index (κ1) is 18.6. The Balaban J connectivity index is 1.41. The van der Waals surface area contributed by atoms with E-state index in [1.807, 2.05) is 29.6 Å². The maximum atomic E-state index is 12.3. The van der Waals surface area contributed by atoms with Crippen molar-refractivity contribution < 1.29 is 0 Å². The summed E-state index contributed by atoms with van der Waals surface area (Å²) in [6.07, 6.45) is 0. The molecule has 0 spiro atoms. The minimum atomic E-state index is -0.250. The quantitative estimate of drug-likeness (QED) is 0.690. The van der Waals surface area contributed by atoms with Crippen LogP contribution in [0.15, 0.2) is 46.6 Å². The molecule has 0 radical (unpaired) electrons. The molecule has 1 fully saturated rings. The van der Waals surface area contributed by atoms with E-state index in [2.05, 4.69) is 56.3 Å². The number of H-pyrrole nitrogens is 1. The van der Waals surface area contributed by atoms with E-state index >= 15 is 0 Å². The fourth-order valence-electron chi connectivity index (χ4n) is 3.36. The molecule has 0 bridgehead atoms. The fourth-order valence-corrected chi connectivity index (χ4v) is 4.06. The first-order chi connectivity index (χ1) is 13.6. The number of hydrogen-bond donors (Lipinski definition) is 2. The van der Waals surface area contributed by atoms with Gasteiger partial charge in [0.1, 0.15) is 0 Å². The topological polar surface area (TPSA) is 77.2 Å². The summed E-state index contributed by atoms with van der Waals surface area (Å²) in [5.41, 5.74) is 2.16. The van der Waals surface area contributed by atoms with Crippen LogP contribution >= 0.6 is 11.3 Å². The van der Waals surface area contributed by atoms with E-state index < -0.39 is 0 Å². The summed E-state index contributed by atoms with van der Waals surface area (Å²) in [6, 6.07) is 12.5. The van der Waals surface area contributed by atoms with Crippen LogP contribution in [-0.2, 0) is 0 Å². The van der Waals surface area contributed by atoms with E-state index in [4.69, 9.17) is 0 Å². The summed E-state index contributed by atoms with van der Waals surface area (Å²) < 4.78 is 0. The third-order valence-corrected chi connectivity index (χ3v) is 5.87. The second-order valence-electron chi connectivity index (χ2n) is 7.12. The SMILES string of the molecule is CC(C)N1CCN(c2ccc(Nc3nnc(-c4cccs4)c(=O)[nH]3)cc2)CC1. The Labute approximate surface area is 168 Å². The molecule has 1 saturated heterocycles. The predicted molar refractivity (Wildman–Crippen MR) is 115 cm³/mol. The average Bonchev–Trinajstić information content (AvgIpc) is 3.23. The lowest BCUT2D eigenvalue weighted by molar-refractivity contribution is 0.209. The lowest BCUT2D eigenvalue weighted by atomic mass is 10.2. The molecule has 1 aliphatic heterocycles. The molecule has 3 heterocycles. The van der Waals surface area contributed by atoms with Gasteiger partial charge in [-0.15, -0.1) is 21.5 Å². The highest BCUT2D eigenvalue weighted by Gasteiger charge is 2.18. The molecule has 0 atom stereocenters. The molecule has 1 aromatic carbocycles. The summed E-state index contributed by atoms with van der Waals surface area (Å²) in [4.78, 5) is 20.7. The zero-order chi connectivity index (χ0) is 19.5. The Morgan fingerprint density at radius 1 is 1.07 bits per heavy atom. The van der Waals surface area contributed by atoms with Crippen LogP contribution in [0.2, 0.25) is 0 Å². The predicted octanol–water partition coefficient (Wildman–Crippen LogP) is 3.17. The first-order valence-electron chi connectivity index (χ1n) is 9.47. The van der Waals surface area contributed by atoms with Crippen LogP contribution in [0.5, 0.6) is 0 Å². The van der Waals surface area contributed by atoms with Gasteiger partial charge in [0, 0.05) is 43.6 Å². The summed E-state index contributed by atoms with van der Waals surface area (Å²) >= 11 is 1.47. The van der Waals surface area contributed by atoms with Crippen LogP contribution in [0.25, 0.3) is 10.6 Å². The van der Waals surface area contributed by atoms with Crippen molar-refractivity contribution in [2.24, 2.45) is 0 Å². The zero-order valence-electron chi connectivity index (χ0n) is 16.1. The van der Waals surface area contributed by atoms with Crippen molar-refractivity contribution in [1.29, 1.82) is 0 Å². The molecule has 0 saturated carbocycles. The van der Waals surface area contributed by atoms with E-state index in [1.54, 1.807) is 0 Å². The third kappa shape index (κ3) is 4.07. The molecule has 4 rings (SSSR count). The van der Waals surface area contributed by atoms with Gasteiger partial charge in [-0.25, -0.2) is 0 Å². The summed E-state index contributed by atoms with van der Waals surface area (Å²) in [5.74, 6) is 0.337. The monoisotopic (exact) mass is 396 g/mol. The Hall–Kier alpha value is -2.71. The summed E-state index contributed by atoms with van der Waals surface area (Å²) in [5, 5.41) is 13.2. The normalized spacial score (nSPS) is 15.2. The van der Waals surface area contributed by atoms with Crippen molar-refractivity contribution >= 4 is 28.7 Å². The minimum Gasteiger partial charge on any atom is -0.369 e. The number of rotatable bonds is 5. The van der Waals surface area contributed by atoms with Crippen LogP contribution in [-0.4, -0.2) is 52.3 Å². The fraction of sp³-hybridized carbons (Fsp3) is 0.350. The number of aromatic amines is 1. The number of nitrogens with one attached hydrogen (secondary N) is 2. The second kappa shape index (κ2) is 8.12. The molecule has 0 aliphatic carbocycles. The molecule has 146 valence electrons. The van der Waals surface area contributed by atoms with E-state index in [0.717, 1.165) is 36.7 Å². The molecule has 28 heavy (non-hydrogen) atoms. The van der Waals surface area contributed by atoms with Gasteiger partial charge >= 0.3 is 0 Å². The Bertz CT molecular complexity index is 959. The molecule has 1 aliphatic rings. The van der Waals surface area contributed by atoms with E-state index in [9.17, 15) is 4.79 Å². The highest BCUT2D eigenvalue weighted by Crippen LogP contribution is 2.22. The van der Waals surface area contributed by atoms with E-state index in [1.165, 1.54) is 17.0 Å². The van der Waals surface area contributed by atoms with Gasteiger partial charge in [-0.1, -0.05) is 6.07 Å². The van der Waals surface area contributed by atoms with Crippen molar-refractivity contribution in [3.63, 3.8) is 0 Å². The highest BCUT2D eigenvalue weighted by molar-refractivity contribution is 7.13. The summed E-state index contributed by atoms with van der Waals surface area (Å²) in [6.45, 7) is 8.74. The van der Waals surface area contributed by atoms with Crippen molar-refractivity contribution in [3.05, 3.63) is 52.1 Å². The van der Waals surface area contributed by atoms with Crippen LogP contribution in [0, 0.1) is 0 Å². The molecule has 8 heteroatoms. The minimum absolute atomic E-state index is 0.250. The van der Waals surface area contributed by atoms with Gasteiger partial charge in [0.05, 0.1) is 4.88 Å². The van der Waals surface area contributed by atoms with Crippen molar-refractivity contribution in [2.45, 2.75) is 19.9 Å².